The van der Waals surface area contributed by atoms with Crippen molar-refractivity contribution in [3.8, 4) is 22.8 Å². The van der Waals surface area contributed by atoms with Crippen molar-refractivity contribution in [3.63, 3.8) is 0 Å². The zero-order valence-electron chi connectivity index (χ0n) is 10.9. The third kappa shape index (κ3) is 2.82. The molecule has 0 amide bonds. The number of hydrogen-bond acceptors (Lipinski definition) is 3. The van der Waals surface area contributed by atoms with Gasteiger partial charge in [0.25, 0.3) is 0 Å². The summed E-state index contributed by atoms with van der Waals surface area (Å²) < 4.78 is 44.4. The molecule has 1 aromatic carbocycles. The van der Waals surface area contributed by atoms with Crippen LogP contribution in [0.4, 0.5) is 13.2 Å². The van der Waals surface area contributed by atoms with E-state index in [-0.39, 0.29) is 11.5 Å². The molecule has 0 fully saturated rings. The number of nitrogens with zero attached hydrogens (tertiary/aromatic N) is 2. The topological polar surface area (TPSA) is 38.9 Å². The third-order valence-electron chi connectivity index (χ3n) is 2.97. The monoisotopic (exact) mass is 324 g/mol. The van der Waals surface area contributed by atoms with Crippen LogP contribution in [0.3, 0.4) is 0 Å². The first-order valence-corrected chi connectivity index (χ1v) is 6.56. The molecule has 2 heterocycles. The van der Waals surface area contributed by atoms with Crippen LogP contribution in [0.5, 0.6) is 0 Å². The average molecular weight is 325 g/mol. The Kier molecular flexibility index (Phi) is 3.62. The van der Waals surface area contributed by atoms with E-state index in [0.717, 1.165) is 18.5 Å². The Bertz CT molecular complexity index is 814. The lowest BCUT2D eigenvalue weighted by molar-refractivity contribution is -0.137. The van der Waals surface area contributed by atoms with Crippen LogP contribution >= 0.6 is 11.6 Å². The van der Waals surface area contributed by atoms with Crippen molar-refractivity contribution in [2.45, 2.75) is 6.18 Å². The van der Waals surface area contributed by atoms with Gasteiger partial charge in [0.15, 0.2) is 5.76 Å². The van der Waals surface area contributed by atoms with Crippen LogP contribution in [0.25, 0.3) is 22.8 Å². The van der Waals surface area contributed by atoms with Gasteiger partial charge >= 0.3 is 6.18 Å². The first-order chi connectivity index (χ1) is 10.4. The maximum absolute atomic E-state index is 13.0. The predicted octanol–water partition coefficient (Wildman–Crippen LogP) is 5.08. The van der Waals surface area contributed by atoms with Crippen molar-refractivity contribution < 1.29 is 17.6 Å². The fourth-order valence-electron chi connectivity index (χ4n) is 1.99. The van der Waals surface area contributed by atoms with E-state index in [1.165, 1.54) is 6.20 Å². The van der Waals surface area contributed by atoms with Crippen molar-refractivity contribution in [2.24, 2.45) is 0 Å². The molecule has 0 atom stereocenters. The molecule has 7 heteroatoms. The quantitative estimate of drug-likeness (QED) is 0.660. The van der Waals surface area contributed by atoms with Crippen LogP contribution in [-0.4, -0.2) is 9.97 Å². The van der Waals surface area contributed by atoms with Crippen LogP contribution in [0.15, 0.2) is 53.3 Å². The van der Waals surface area contributed by atoms with Crippen LogP contribution in [-0.2, 0) is 6.18 Å². The van der Waals surface area contributed by atoms with Gasteiger partial charge in [0.2, 0.25) is 5.89 Å². The van der Waals surface area contributed by atoms with Gasteiger partial charge in [-0.25, -0.2) is 4.98 Å². The Hall–Kier alpha value is -2.34. The second-order valence-corrected chi connectivity index (χ2v) is 4.90. The van der Waals surface area contributed by atoms with Gasteiger partial charge in [-0.1, -0.05) is 23.7 Å². The maximum atomic E-state index is 13.0. The normalized spacial score (nSPS) is 11.6. The summed E-state index contributed by atoms with van der Waals surface area (Å²) in [7, 11) is 0. The van der Waals surface area contributed by atoms with Crippen molar-refractivity contribution in [1.82, 2.24) is 9.97 Å². The molecule has 0 aliphatic heterocycles. The highest BCUT2D eigenvalue weighted by atomic mass is 35.5. The number of hydrogen-bond donors (Lipinski definition) is 0. The van der Waals surface area contributed by atoms with Crippen molar-refractivity contribution >= 4 is 11.6 Å². The molecule has 0 bridgehead atoms. The molecule has 3 nitrogen and oxygen atoms in total. The maximum Gasteiger partial charge on any atom is 0.417 e. The highest BCUT2D eigenvalue weighted by molar-refractivity contribution is 6.30. The summed E-state index contributed by atoms with van der Waals surface area (Å²) in [5.41, 5.74) is -0.422. The Morgan fingerprint density at radius 1 is 1.09 bits per heavy atom. The second-order valence-electron chi connectivity index (χ2n) is 4.46. The molecule has 112 valence electrons. The summed E-state index contributed by atoms with van der Waals surface area (Å²) in [5, 5.41) is 0.493. The van der Waals surface area contributed by atoms with Gasteiger partial charge in [0.05, 0.1) is 17.3 Å². The van der Waals surface area contributed by atoms with Crippen LogP contribution in [0.1, 0.15) is 5.56 Å². The molecular weight excluding hydrogens is 317 g/mol. The lowest BCUT2D eigenvalue weighted by Crippen LogP contribution is -2.07. The fourth-order valence-corrected chi connectivity index (χ4v) is 2.18. The first kappa shape index (κ1) is 14.6. The van der Waals surface area contributed by atoms with E-state index in [4.69, 9.17) is 16.0 Å². The molecule has 0 saturated heterocycles. The molecule has 3 aromatic rings. The summed E-state index contributed by atoms with van der Waals surface area (Å²) in [5.74, 6) is 0.185. The van der Waals surface area contributed by atoms with Gasteiger partial charge < -0.3 is 4.42 Å². The van der Waals surface area contributed by atoms with E-state index >= 15 is 0 Å². The summed E-state index contributed by atoms with van der Waals surface area (Å²) >= 11 is 5.88. The van der Waals surface area contributed by atoms with Gasteiger partial charge in [-0.15, -0.1) is 0 Å². The number of rotatable bonds is 2. The van der Waals surface area contributed by atoms with Gasteiger partial charge in [0.1, 0.15) is 0 Å². The highest BCUT2D eigenvalue weighted by Gasteiger charge is 2.34. The van der Waals surface area contributed by atoms with E-state index in [0.29, 0.717) is 16.3 Å². The predicted molar refractivity (Wildman–Crippen MR) is 75.2 cm³/mol. The minimum atomic E-state index is -4.51. The molecule has 0 radical (unpaired) electrons. The zero-order chi connectivity index (χ0) is 15.7. The van der Waals surface area contributed by atoms with E-state index in [9.17, 15) is 13.2 Å². The number of aromatic nitrogens is 2. The number of halogens is 4. The summed E-state index contributed by atoms with van der Waals surface area (Å²) in [6, 6.07) is 7.65. The molecule has 0 aliphatic rings. The third-order valence-corrected chi connectivity index (χ3v) is 3.21. The molecule has 2 aromatic heterocycles. The second kappa shape index (κ2) is 5.46. The Morgan fingerprint density at radius 2 is 1.91 bits per heavy atom. The standard InChI is InChI=1S/C15H8ClF3N2O/c16-10-3-1-2-9(6-10)13-8-21-14(22-13)11-7-20-5-4-12(11)15(17,18)19/h1-8H. The Balaban J connectivity index is 2.06. The number of alkyl halides is 3. The van der Waals surface area contributed by atoms with Crippen LogP contribution < -0.4 is 0 Å². The van der Waals surface area contributed by atoms with Crippen molar-refractivity contribution in [1.29, 1.82) is 0 Å². The molecule has 0 N–H and O–H groups in total. The number of benzene rings is 1. The molecule has 0 spiro atoms. The average Bonchev–Trinajstić information content (AvgIpc) is 2.96. The minimum absolute atomic E-state index is 0.143. The number of oxazole rings is 1. The molecule has 0 unspecified atom stereocenters. The Morgan fingerprint density at radius 3 is 2.64 bits per heavy atom. The van der Waals surface area contributed by atoms with E-state index in [1.807, 2.05) is 0 Å². The minimum Gasteiger partial charge on any atom is -0.436 e. The molecule has 22 heavy (non-hydrogen) atoms. The Labute approximate surface area is 128 Å². The molecular formula is C15H8ClF3N2O. The SMILES string of the molecule is FC(F)(F)c1ccncc1-c1ncc(-c2cccc(Cl)c2)o1. The summed E-state index contributed by atoms with van der Waals surface area (Å²) in [6.45, 7) is 0. The van der Waals surface area contributed by atoms with E-state index in [2.05, 4.69) is 9.97 Å². The summed E-state index contributed by atoms with van der Waals surface area (Å²) in [4.78, 5) is 7.63. The lowest BCUT2D eigenvalue weighted by atomic mass is 10.1. The largest absolute Gasteiger partial charge is 0.436 e. The smallest absolute Gasteiger partial charge is 0.417 e. The van der Waals surface area contributed by atoms with Gasteiger partial charge in [-0.2, -0.15) is 13.2 Å². The fraction of sp³-hybridized carbons (Fsp3) is 0.0667. The first-order valence-electron chi connectivity index (χ1n) is 6.18. The zero-order valence-corrected chi connectivity index (χ0v) is 11.7. The van der Waals surface area contributed by atoms with E-state index in [1.54, 1.807) is 24.3 Å². The number of pyridine rings is 1. The molecule has 0 aliphatic carbocycles. The highest BCUT2D eigenvalue weighted by Crippen LogP contribution is 2.37. The van der Waals surface area contributed by atoms with Gasteiger partial charge in [-0.3, -0.25) is 4.98 Å². The van der Waals surface area contributed by atoms with Crippen LogP contribution in [0, 0.1) is 0 Å². The summed E-state index contributed by atoms with van der Waals surface area (Å²) in [6.07, 6.45) is -0.999. The van der Waals surface area contributed by atoms with Gasteiger partial charge in [-0.05, 0) is 18.2 Å². The van der Waals surface area contributed by atoms with Crippen LogP contribution in [0.2, 0.25) is 5.02 Å². The lowest BCUT2D eigenvalue weighted by Gasteiger charge is -2.09. The van der Waals surface area contributed by atoms with Crippen molar-refractivity contribution in [2.75, 3.05) is 0 Å². The van der Waals surface area contributed by atoms with E-state index < -0.39 is 11.7 Å². The van der Waals surface area contributed by atoms with Gasteiger partial charge in [0, 0.05) is 23.0 Å². The van der Waals surface area contributed by atoms with Crippen molar-refractivity contribution in [3.05, 3.63) is 59.5 Å². The molecule has 0 saturated carbocycles. The molecule has 3 rings (SSSR count).